The molecule has 2 aromatic heterocycles. The summed E-state index contributed by atoms with van der Waals surface area (Å²) in [6.45, 7) is 4.56. The van der Waals surface area contributed by atoms with Crippen LogP contribution in [0.25, 0.3) is 11.0 Å². The molecular formula is C25H28N6O4. The van der Waals surface area contributed by atoms with Crippen LogP contribution in [0.1, 0.15) is 39.0 Å². The molecule has 10 nitrogen and oxygen atoms in total. The third-order valence-corrected chi connectivity index (χ3v) is 5.81. The average molecular weight is 477 g/mol. The summed E-state index contributed by atoms with van der Waals surface area (Å²) in [5, 5.41) is 4.33. The highest BCUT2D eigenvalue weighted by atomic mass is 16.5. The number of aryl methyl sites for hydroxylation is 4. The highest BCUT2D eigenvalue weighted by Crippen LogP contribution is 2.28. The van der Waals surface area contributed by atoms with Crippen molar-refractivity contribution in [2.75, 3.05) is 7.11 Å². The summed E-state index contributed by atoms with van der Waals surface area (Å²) in [6, 6.07) is 12.5. The first-order valence-electron chi connectivity index (χ1n) is 11.1. The van der Waals surface area contributed by atoms with Gasteiger partial charge in [0, 0.05) is 26.2 Å². The van der Waals surface area contributed by atoms with Crippen molar-refractivity contribution in [1.82, 2.24) is 18.9 Å². The lowest BCUT2D eigenvalue weighted by molar-refractivity contribution is 0.0982. The van der Waals surface area contributed by atoms with Gasteiger partial charge in [-0.15, -0.1) is 0 Å². The van der Waals surface area contributed by atoms with E-state index in [1.54, 1.807) is 53.2 Å². The lowest BCUT2D eigenvalue weighted by Gasteiger charge is -2.11. The molecule has 182 valence electrons. The van der Waals surface area contributed by atoms with Gasteiger partial charge in [-0.2, -0.15) is 10.1 Å². The molecule has 0 aliphatic carbocycles. The van der Waals surface area contributed by atoms with Crippen molar-refractivity contribution < 1.29 is 19.1 Å². The Labute approximate surface area is 202 Å². The molecule has 0 unspecified atom stereocenters. The number of imidazole rings is 1. The minimum absolute atomic E-state index is 0.260. The predicted molar refractivity (Wildman–Crippen MR) is 130 cm³/mol. The number of aromatic nitrogens is 4. The number of primary amides is 1. The van der Waals surface area contributed by atoms with Crippen molar-refractivity contribution in [2.45, 2.75) is 27.0 Å². The minimum Gasteiger partial charge on any atom is -0.497 e. The maximum atomic E-state index is 13.0. The molecule has 2 aromatic carbocycles. The van der Waals surface area contributed by atoms with Crippen molar-refractivity contribution in [1.29, 1.82) is 0 Å². The van der Waals surface area contributed by atoms with Crippen LogP contribution in [0.15, 0.2) is 47.5 Å². The number of rotatable bonds is 7. The standard InChI is InChI=1S/C25H28N6O4/c1-6-31-20(11-15(2)28-31)24(33)27-25-29(3)19-12-17(23(26)32)13-21(22(19)30(25)4)35-14-16-7-9-18(34-5)10-8-16/h7-13H,6,14H2,1-5H3,(H2,26,32)/b27-25+. The van der Waals surface area contributed by atoms with Gasteiger partial charge < -0.3 is 24.3 Å². The lowest BCUT2D eigenvalue weighted by Crippen LogP contribution is -2.24. The normalized spacial score (nSPS) is 11.7. The molecule has 4 rings (SSSR count). The number of ether oxygens (including phenoxy) is 2. The predicted octanol–water partition coefficient (Wildman–Crippen LogP) is 2.47. The van der Waals surface area contributed by atoms with Crippen LogP contribution in [0.5, 0.6) is 11.5 Å². The Morgan fingerprint density at radius 3 is 2.43 bits per heavy atom. The third kappa shape index (κ3) is 4.54. The van der Waals surface area contributed by atoms with E-state index in [2.05, 4.69) is 10.1 Å². The number of methoxy groups -OCH3 is 1. The number of amides is 2. The molecule has 2 amide bonds. The number of nitrogens with zero attached hydrogens (tertiary/aromatic N) is 5. The van der Waals surface area contributed by atoms with Crippen LogP contribution in [0, 0.1) is 6.92 Å². The van der Waals surface area contributed by atoms with Crippen molar-refractivity contribution in [2.24, 2.45) is 24.8 Å². The van der Waals surface area contributed by atoms with E-state index in [0.29, 0.717) is 40.2 Å². The molecule has 0 saturated heterocycles. The van der Waals surface area contributed by atoms with Gasteiger partial charge in [-0.05, 0) is 49.7 Å². The number of fused-ring (bicyclic) bond motifs is 1. The molecule has 35 heavy (non-hydrogen) atoms. The number of hydrogen-bond acceptors (Lipinski definition) is 5. The lowest BCUT2D eigenvalue weighted by atomic mass is 10.1. The molecule has 0 saturated carbocycles. The van der Waals surface area contributed by atoms with Crippen LogP contribution in [0.2, 0.25) is 0 Å². The number of carbonyl (C=O) groups excluding carboxylic acids is 2. The van der Waals surface area contributed by atoms with Crippen LogP contribution < -0.4 is 20.8 Å². The Hall–Kier alpha value is -4.34. The number of nitrogens with two attached hydrogens (primary N) is 1. The van der Waals surface area contributed by atoms with E-state index in [1.807, 2.05) is 38.1 Å². The summed E-state index contributed by atoms with van der Waals surface area (Å²) in [5.74, 6) is 0.206. The number of carbonyl (C=O) groups is 2. The first-order chi connectivity index (χ1) is 16.7. The average Bonchev–Trinajstić information content (AvgIpc) is 3.35. The smallest absolute Gasteiger partial charge is 0.298 e. The molecule has 2 heterocycles. The van der Waals surface area contributed by atoms with E-state index in [4.69, 9.17) is 15.2 Å². The maximum absolute atomic E-state index is 13.0. The Balaban J connectivity index is 1.81. The summed E-state index contributed by atoms with van der Waals surface area (Å²) in [7, 11) is 5.17. The highest BCUT2D eigenvalue weighted by Gasteiger charge is 2.18. The van der Waals surface area contributed by atoms with Gasteiger partial charge in [-0.3, -0.25) is 14.3 Å². The summed E-state index contributed by atoms with van der Waals surface area (Å²) in [4.78, 5) is 29.5. The third-order valence-electron chi connectivity index (χ3n) is 5.81. The molecule has 2 N–H and O–H groups in total. The fourth-order valence-corrected chi connectivity index (χ4v) is 4.01. The van der Waals surface area contributed by atoms with Crippen LogP contribution in [0.3, 0.4) is 0 Å². The highest BCUT2D eigenvalue weighted by molar-refractivity contribution is 5.98. The maximum Gasteiger partial charge on any atom is 0.298 e. The van der Waals surface area contributed by atoms with Crippen molar-refractivity contribution in [3.8, 4) is 11.5 Å². The second-order valence-corrected chi connectivity index (χ2v) is 8.16. The molecule has 0 aliphatic rings. The molecule has 0 radical (unpaired) electrons. The minimum atomic E-state index is -0.582. The zero-order valence-corrected chi connectivity index (χ0v) is 20.4. The van der Waals surface area contributed by atoms with Crippen LogP contribution in [-0.2, 0) is 27.2 Å². The van der Waals surface area contributed by atoms with Gasteiger partial charge in [-0.25, -0.2) is 0 Å². The van der Waals surface area contributed by atoms with E-state index < -0.39 is 11.8 Å². The Kier molecular flexibility index (Phi) is 6.46. The van der Waals surface area contributed by atoms with E-state index in [0.717, 1.165) is 17.0 Å². The number of hydrogen-bond donors (Lipinski definition) is 1. The first-order valence-corrected chi connectivity index (χ1v) is 11.1. The zero-order chi connectivity index (χ0) is 25.3. The second kappa shape index (κ2) is 9.49. The molecule has 0 bridgehead atoms. The monoisotopic (exact) mass is 476 g/mol. The summed E-state index contributed by atoms with van der Waals surface area (Å²) in [5.41, 5.74) is 9.67. The quantitative estimate of drug-likeness (QED) is 0.440. The van der Waals surface area contributed by atoms with Gasteiger partial charge in [0.2, 0.25) is 11.5 Å². The van der Waals surface area contributed by atoms with Gasteiger partial charge in [0.15, 0.2) is 0 Å². The molecule has 10 heteroatoms. The first kappa shape index (κ1) is 23.8. The fourth-order valence-electron chi connectivity index (χ4n) is 4.01. The van der Waals surface area contributed by atoms with Crippen LogP contribution in [-0.4, -0.2) is 37.8 Å². The molecule has 0 spiro atoms. The Morgan fingerprint density at radius 1 is 1.09 bits per heavy atom. The summed E-state index contributed by atoms with van der Waals surface area (Å²) < 4.78 is 16.4. The van der Waals surface area contributed by atoms with Crippen molar-refractivity contribution in [3.05, 3.63) is 70.6 Å². The van der Waals surface area contributed by atoms with Gasteiger partial charge in [0.25, 0.3) is 5.91 Å². The molecule has 0 aliphatic heterocycles. The molecule has 0 fully saturated rings. The van der Waals surface area contributed by atoms with E-state index in [-0.39, 0.29) is 6.61 Å². The van der Waals surface area contributed by atoms with Crippen LogP contribution in [0.4, 0.5) is 0 Å². The second-order valence-electron chi connectivity index (χ2n) is 8.16. The summed E-state index contributed by atoms with van der Waals surface area (Å²) >= 11 is 0. The van der Waals surface area contributed by atoms with Crippen LogP contribution >= 0.6 is 0 Å². The summed E-state index contributed by atoms with van der Waals surface area (Å²) in [6.07, 6.45) is 0. The SMILES string of the molecule is CCn1nc(C)cc1C(=O)/N=c1\n(C)c2cc(C(N)=O)cc(OCc3ccc(OC)cc3)c2n1C. The fraction of sp³-hybridized carbons (Fsp3) is 0.280. The van der Waals surface area contributed by atoms with Crippen molar-refractivity contribution >= 4 is 22.8 Å². The van der Waals surface area contributed by atoms with E-state index in [9.17, 15) is 9.59 Å². The van der Waals surface area contributed by atoms with Gasteiger partial charge in [0.1, 0.15) is 29.3 Å². The number of benzene rings is 2. The van der Waals surface area contributed by atoms with E-state index in [1.165, 1.54) is 0 Å². The van der Waals surface area contributed by atoms with Gasteiger partial charge >= 0.3 is 0 Å². The molecule has 4 aromatic rings. The van der Waals surface area contributed by atoms with E-state index >= 15 is 0 Å². The molecule has 0 atom stereocenters. The molecular weight excluding hydrogens is 448 g/mol. The Bertz CT molecular complexity index is 1490. The van der Waals surface area contributed by atoms with Gasteiger partial charge in [0.05, 0.1) is 18.3 Å². The van der Waals surface area contributed by atoms with Gasteiger partial charge in [-0.1, -0.05) is 12.1 Å². The van der Waals surface area contributed by atoms with Crippen molar-refractivity contribution in [3.63, 3.8) is 0 Å². The topological polar surface area (TPSA) is 119 Å². The zero-order valence-electron chi connectivity index (χ0n) is 20.4. The Morgan fingerprint density at radius 2 is 1.80 bits per heavy atom. The largest absolute Gasteiger partial charge is 0.497 e.